The van der Waals surface area contributed by atoms with Crippen molar-refractivity contribution < 1.29 is 0 Å². The van der Waals surface area contributed by atoms with Gasteiger partial charge in [0.25, 0.3) is 11.1 Å². The van der Waals surface area contributed by atoms with Crippen molar-refractivity contribution in [3.05, 3.63) is 81.9 Å². The molecule has 106 valence electrons. The molecule has 4 rings (SSSR count). The molecule has 0 bridgehead atoms. The van der Waals surface area contributed by atoms with Crippen LogP contribution in [0.2, 0.25) is 0 Å². The highest BCUT2D eigenvalue weighted by atomic mass is 16.2. The first kappa shape index (κ1) is 12.5. The van der Waals surface area contributed by atoms with E-state index >= 15 is 0 Å². The highest BCUT2D eigenvalue weighted by Gasteiger charge is 2.08. The molecule has 0 aliphatic carbocycles. The molecule has 2 aromatic carbocycles. The maximum Gasteiger partial charge on any atom is 0.280 e. The summed E-state index contributed by atoms with van der Waals surface area (Å²) in [5.74, 6) is 0. The first-order valence-corrected chi connectivity index (χ1v) is 6.69. The van der Waals surface area contributed by atoms with Gasteiger partial charge in [-0.1, -0.05) is 24.3 Å². The van der Waals surface area contributed by atoms with Gasteiger partial charge in [0, 0.05) is 0 Å². The normalized spacial score (nSPS) is 11.1. The van der Waals surface area contributed by atoms with Crippen molar-refractivity contribution in [3.8, 4) is 0 Å². The Balaban J connectivity index is 2.08. The topological polar surface area (TPSA) is 69.8 Å². The fraction of sp³-hybridized carbons (Fsp3) is 0. The molecule has 0 aliphatic heterocycles. The third-order valence-corrected chi connectivity index (χ3v) is 3.53. The first-order valence-electron chi connectivity index (χ1n) is 6.69. The third-order valence-electron chi connectivity index (χ3n) is 3.53. The average Bonchev–Trinajstić information content (AvgIpc) is 2.57. The van der Waals surface area contributed by atoms with E-state index in [1.165, 1.54) is 22.0 Å². The number of para-hydroxylation sites is 2. The zero-order valence-corrected chi connectivity index (χ0v) is 11.4. The first-order chi connectivity index (χ1) is 10.8. The number of aromatic nitrogens is 4. The molecule has 0 aliphatic rings. The second kappa shape index (κ2) is 4.63. The van der Waals surface area contributed by atoms with E-state index in [1.807, 2.05) is 12.1 Å². The van der Waals surface area contributed by atoms with Crippen molar-refractivity contribution >= 4 is 21.8 Å². The van der Waals surface area contributed by atoms with Crippen molar-refractivity contribution in [2.75, 3.05) is 0 Å². The molecule has 6 nitrogen and oxygen atoms in total. The average molecular weight is 290 g/mol. The molecule has 0 radical (unpaired) electrons. The summed E-state index contributed by atoms with van der Waals surface area (Å²) in [7, 11) is 0. The molecular formula is C16H10N4O2. The molecule has 22 heavy (non-hydrogen) atoms. The summed E-state index contributed by atoms with van der Waals surface area (Å²) in [6.45, 7) is 0. The minimum absolute atomic E-state index is 0.315. The van der Waals surface area contributed by atoms with Crippen molar-refractivity contribution in [1.82, 2.24) is 19.3 Å². The van der Waals surface area contributed by atoms with Crippen LogP contribution in [0.1, 0.15) is 0 Å². The van der Waals surface area contributed by atoms with E-state index in [-0.39, 0.29) is 11.1 Å². The molecule has 0 spiro atoms. The molecular weight excluding hydrogens is 280 g/mol. The lowest BCUT2D eigenvalue weighted by Gasteiger charge is -2.09. The van der Waals surface area contributed by atoms with Gasteiger partial charge in [-0.05, 0) is 24.3 Å². The second-order valence-electron chi connectivity index (χ2n) is 4.82. The molecule has 0 saturated carbocycles. The Morgan fingerprint density at radius 2 is 1.05 bits per heavy atom. The van der Waals surface area contributed by atoms with E-state index in [4.69, 9.17) is 0 Å². The highest BCUT2D eigenvalue weighted by molar-refractivity contribution is 5.78. The number of rotatable bonds is 1. The summed E-state index contributed by atoms with van der Waals surface area (Å²) < 4.78 is 2.34. The number of benzene rings is 2. The third kappa shape index (κ3) is 1.74. The summed E-state index contributed by atoms with van der Waals surface area (Å²) >= 11 is 0. The van der Waals surface area contributed by atoms with Gasteiger partial charge in [0.15, 0.2) is 0 Å². The second-order valence-corrected chi connectivity index (χ2v) is 4.82. The Morgan fingerprint density at radius 3 is 1.50 bits per heavy atom. The molecule has 0 atom stereocenters. The SMILES string of the molecule is O=c1c2ccccc2ncn1-n1cnc2ccccc2c1=O. The minimum Gasteiger partial charge on any atom is -0.267 e. The number of nitrogens with zero attached hydrogens (tertiary/aromatic N) is 4. The van der Waals surface area contributed by atoms with Gasteiger partial charge in [-0.15, -0.1) is 0 Å². The van der Waals surface area contributed by atoms with E-state index in [0.29, 0.717) is 21.8 Å². The van der Waals surface area contributed by atoms with Gasteiger partial charge in [-0.25, -0.2) is 9.97 Å². The van der Waals surface area contributed by atoms with Crippen molar-refractivity contribution in [1.29, 1.82) is 0 Å². The molecule has 2 heterocycles. The predicted molar refractivity (Wildman–Crippen MR) is 82.8 cm³/mol. The molecule has 2 aromatic heterocycles. The van der Waals surface area contributed by atoms with E-state index < -0.39 is 0 Å². The Hall–Kier alpha value is -3.28. The summed E-state index contributed by atoms with van der Waals surface area (Å²) in [5, 5.41) is 0.898. The van der Waals surface area contributed by atoms with Gasteiger partial charge < -0.3 is 0 Å². The number of hydrogen-bond donors (Lipinski definition) is 0. The lowest BCUT2D eigenvalue weighted by atomic mass is 10.2. The molecule has 0 unspecified atom stereocenters. The zero-order valence-electron chi connectivity index (χ0n) is 11.4. The molecule has 0 amide bonds. The highest BCUT2D eigenvalue weighted by Crippen LogP contribution is 2.06. The maximum absolute atomic E-state index is 12.6. The van der Waals surface area contributed by atoms with Crippen molar-refractivity contribution in [2.24, 2.45) is 0 Å². The summed E-state index contributed by atoms with van der Waals surface area (Å²) in [6.07, 6.45) is 2.67. The van der Waals surface area contributed by atoms with Crippen LogP contribution in [0.5, 0.6) is 0 Å². The van der Waals surface area contributed by atoms with Crippen molar-refractivity contribution in [2.45, 2.75) is 0 Å². The van der Waals surface area contributed by atoms with E-state index in [9.17, 15) is 9.59 Å². The lowest BCUT2D eigenvalue weighted by molar-refractivity contribution is 0.593. The Labute approximate surface area is 123 Å². The predicted octanol–water partition coefficient (Wildman–Crippen LogP) is 1.42. The number of fused-ring (bicyclic) bond motifs is 2. The van der Waals surface area contributed by atoms with E-state index in [1.54, 1.807) is 36.4 Å². The van der Waals surface area contributed by atoms with Crippen LogP contribution in [0.3, 0.4) is 0 Å². The smallest absolute Gasteiger partial charge is 0.267 e. The zero-order chi connectivity index (χ0) is 15.1. The van der Waals surface area contributed by atoms with E-state index in [2.05, 4.69) is 9.97 Å². The molecule has 0 saturated heterocycles. The largest absolute Gasteiger partial charge is 0.280 e. The molecule has 0 fully saturated rings. The van der Waals surface area contributed by atoms with E-state index in [0.717, 1.165) is 0 Å². The molecule has 4 aromatic rings. The van der Waals surface area contributed by atoms with Gasteiger partial charge in [0.05, 0.1) is 21.8 Å². The quantitative estimate of drug-likeness (QED) is 0.531. The summed E-state index contributed by atoms with van der Waals surface area (Å²) in [4.78, 5) is 33.5. The molecule has 6 heteroatoms. The van der Waals surface area contributed by atoms with Crippen molar-refractivity contribution in [3.63, 3.8) is 0 Å². The van der Waals surface area contributed by atoms with Gasteiger partial charge in [-0.2, -0.15) is 9.35 Å². The van der Waals surface area contributed by atoms with Crippen LogP contribution in [0, 0.1) is 0 Å². The Kier molecular flexibility index (Phi) is 2.62. The summed E-state index contributed by atoms with van der Waals surface area (Å²) in [5.41, 5.74) is 0.547. The number of hydrogen-bond acceptors (Lipinski definition) is 4. The Bertz CT molecular complexity index is 1040. The van der Waals surface area contributed by atoms with Gasteiger partial charge >= 0.3 is 0 Å². The standard InChI is InChI=1S/C16H10N4O2/c21-15-11-5-1-3-7-13(11)17-9-19(15)20-10-18-14-8-4-2-6-12(14)16(20)22/h1-10H. The monoisotopic (exact) mass is 290 g/mol. The molecule has 0 N–H and O–H groups in total. The van der Waals surface area contributed by atoms with Crippen LogP contribution in [0.4, 0.5) is 0 Å². The van der Waals surface area contributed by atoms with Crippen LogP contribution in [0.15, 0.2) is 70.8 Å². The van der Waals surface area contributed by atoms with Crippen LogP contribution in [-0.4, -0.2) is 19.3 Å². The minimum atomic E-state index is -0.315. The van der Waals surface area contributed by atoms with Gasteiger partial charge in [-0.3, -0.25) is 9.59 Å². The summed E-state index contributed by atoms with van der Waals surface area (Å²) in [6, 6.07) is 14.0. The van der Waals surface area contributed by atoms with Crippen LogP contribution >= 0.6 is 0 Å². The lowest BCUT2D eigenvalue weighted by Crippen LogP contribution is -2.34. The van der Waals surface area contributed by atoms with Crippen LogP contribution in [0.25, 0.3) is 21.8 Å². The Morgan fingerprint density at radius 1 is 0.636 bits per heavy atom. The maximum atomic E-state index is 12.6. The van der Waals surface area contributed by atoms with Crippen LogP contribution in [-0.2, 0) is 0 Å². The van der Waals surface area contributed by atoms with Gasteiger partial charge in [0.1, 0.15) is 12.7 Å². The van der Waals surface area contributed by atoms with Crippen LogP contribution < -0.4 is 11.1 Å². The fourth-order valence-electron chi connectivity index (χ4n) is 2.43. The van der Waals surface area contributed by atoms with Gasteiger partial charge in [0.2, 0.25) is 0 Å². The fourth-order valence-corrected chi connectivity index (χ4v) is 2.43.